The number of aryl methyl sites for hydroxylation is 1. The third-order valence-electron chi connectivity index (χ3n) is 6.22. The molecule has 0 spiro atoms. The first-order valence-corrected chi connectivity index (χ1v) is 12.6. The first kappa shape index (κ1) is 22.5. The molecule has 1 atom stereocenters. The first-order chi connectivity index (χ1) is 15.4. The highest BCUT2D eigenvalue weighted by molar-refractivity contribution is 7.89. The summed E-state index contributed by atoms with van der Waals surface area (Å²) in [5.41, 5.74) is 1.94. The molecular formula is C24H29N3O4S. The average molecular weight is 456 g/mol. The lowest BCUT2D eigenvalue weighted by Gasteiger charge is -2.31. The van der Waals surface area contributed by atoms with Gasteiger partial charge in [0.2, 0.25) is 15.9 Å². The standard InChI is InChI=1S/C24H29N3O4S/c1-18-10-12-20(13-11-18)32(30,31)27-16-6-7-19(17-27)23(28)25-22-9-3-2-8-21(22)24(29)26-14-4-5-15-26/h2-3,8-13,19H,4-7,14-17H2,1H3,(H,25,28)/t19-/m1/s1. The zero-order valence-corrected chi connectivity index (χ0v) is 19.1. The van der Waals surface area contributed by atoms with Crippen molar-refractivity contribution in [3.8, 4) is 0 Å². The number of nitrogens with zero attached hydrogens (tertiary/aromatic N) is 2. The maximum atomic E-state index is 13.1. The lowest BCUT2D eigenvalue weighted by Crippen LogP contribution is -2.43. The minimum atomic E-state index is -3.66. The van der Waals surface area contributed by atoms with Gasteiger partial charge in [0.15, 0.2) is 0 Å². The molecule has 2 amide bonds. The van der Waals surface area contributed by atoms with E-state index in [9.17, 15) is 18.0 Å². The molecule has 2 saturated heterocycles. The third kappa shape index (κ3) is 4.71. The molecule has 0 unspecified atom stereocenters. The number of benzene rings is 2. The number of hydrogen-bond acceptors (Lipinski definition) is 4. The number of amides is 2. The van der Waals surface area contributed by atoms with Crippen LogP contribution in [0.2, 0.25) is 0 Å². The Labute approximate surface area is 189 Å². The number of rotatable bonds is 5. The summed E-state index contributed by atoms with van der Waals surface area (Å²) in [6, 6.07) is 13.8. The normalized spacial score (nSPS) is 19.7. The fourth-order valence-electron chi connectivity index (χ4n) is 4.34. The van der Waals surface area contributed by atoms with Crippen LogP contribution in [-0.2, 0) is 14.8 Å². The molecule has 2 heterocycles. The fourth-order valence-corrected chi connectivity index (χ4v) is 5.86. The Morgan fingerprint density at radius 3 is 2.34 bits per heavy atom. The average Bonchev–Trinajstić information content (AvgIpc) is 3.34. The Hall–Kier alpha value is -2.71. The van der Waals surface area contributed by atoms with Crippen LogP contribution in [0.25, 0.3) is 0 Å². The van der Waals surface area contributed by atoms with Gasteiger partial charge in [0, 0.05) is 26.2 Å². The molecule has 170 valence electrons. The molecule has 0 radical (unpaired) electrons. The monoisotopic (exact) mass is 455 g/mol. The van der Waals surface area contributed by atoms with E-state index in [1.807, 2.05) is 11.8 Å². The van der Waals surface area contributed by atoms with E-state index >= 15 is 0 Å². The summed E-state index contributed by atoms with van der Waals surface area (Å²) in [5, 5.41) is 2.90. The smallest absolute Gasteiger partial charge is 0.255 e. The molecule has 32 heavy (non-hydrogen) atoms. The molecule has 0 aliphatic carbocycles. The summed E-state index contributed by atoms with van der Waals surface area (Å²) in [6.07, 6.45) is 3.20. The van der Waals surface area contributed by atoms with Gasteiger partial charge in [-0.25, -0.2) is 8.42 Å². The van der Waals surface area contributed by atoms with Gasteiger partial charge in [0.05, 0.1) is 22.1 Å². The summed E-state index contributed by atoms with van der Waals surface area (Å²) in [6.45, 7) is 3.89. The quantitative estimate of drug-likeness (QED) is 0.750. The molecule has 0 saturated carbocycles. The van der Waals surface area contributed by atoms with Gasteiger partial charge in [0.1, 0.15) is 0 Å². The predicted molar refractivity (Wildman–Crippen MR) is 123 cm³/mol. The molecule has 0 aromatic heterocycles. The van der Waals surface area contributed by atoms with E-state index in [2.05, 4.69) is 5.32 Å². The molecule has 8 heteroatoms. The van der Waals surface area contributed by atoms with Crippen molar-refractivity contribution in [1.82, 2.24) is 9.21 Å². The Kier molecular flexibility index (Phi) is 6.62. The number of piperidine rings is 1. The predicted octanol–water partition coefficient (Wildman–Crippen LogP) is 3.27. The van der Waals surface area contributed by atoms with Crippen molar-refractivity contribution in [2.24, 2.45) is 5.92 Å². The van der Waals surface area contributed by atoms with E-state index in [4.69, 9.17) is 0 Å². The van der Waals surface area contributed by atoms with Crippen LogP contribution < -0.4 is 5.32 Å². The van der Waals surface area contributed by atoms with Crippen molar-refractivity contribution in [2.75, 3.05) is 31.5 Å². The van der Waals surface area contributed by atoms with Crippen molar-refractivity contribution >= 4 is 27.5 Å². The highest BCUT2D eigenvalue weighted by atomic mass is 32.2. The van der Waals surface area contributed by atoms with Crippen molar-refractivity contribution in [2.45, 2.75) is 37.5 Å². The van der Waals surface area contributed by atoms with Gasteiger partial charge in [0.25, 0.3) is 5.91 Å². The van der Waals surface area contributed by atoms with Crippen LogP contribution in [0.5, 0.6) is 0 Å². The number of sulfonamides is 1. The second kappa shape index (κ2) is 9.42. The van der Waals surface area contributed by atoms with E-state index in [0.717, 1.165) is 31.5 Å². The Morgan fingerprint density at radius 1 is 0.938 bits per heavy atom. The van der Waals surface area contributed by atoms with Gasteiger partial charge in [-0.15, -0.1) is 0 Å². The van der Waals surface area contributed by atoms with E-state index in [0.29, 0.717) is 30.6 Å². The van der Waals surface area contributed by atoms with Crippen LogP contribution >= 0.6 is 0 Å². The summed E-state index contributed by atoms with van der Waals surface area (Å²) in [4.78, 5) is 28.0. The van der Waals surface area contributed by atoms with Crippen LogP contribution in [0, 0.1) is 12.8 Å². The third-order valence-corrected chi connectivity index (χ3v) is 8.10. The van der Waals surface area contributed by atoms with E-state index in [1.54, 1.807) is 48.5 Å². The van der Waals surface area contributed by atoms with Crippen molar-refractivity contribution in [3.63, 3.8) is 0 Å². The lowest BCUT2D eigenvalue weighted by atomic mass is 9.98. The molecule has 2 aromatic carbocycles. The molecule has 2 aliphatic rings. The fraction of sp³-hybridized carbons (Fsp3) is 0.417. The minimum Gasteiger partial charge on any atom is -0.339 e. The SMILES string of the molecule is Cc1ccc(S(=O)(=O)N2CCC[C@@H](C(=O)Nc3ccccc3C(=O)N3CCCC3)C2)cc1. The zero-order valence-electron chi connectivity index (χ0n) is 18.3. The lowest BCUT2D eigenvalue weighted by molar-refractivity contribution is -0.120. The zero-order chi connectivity index (χ0) is 22.7. The van der Waals surface area contributed by atoms with Crippen molar-refractivity contribution in [3.05, 3.63) is 59.7 Å². The molecule has 0 bridgehead atoms. The number of nitrogens with one attached hydrogen (secondary N) is 1. The largest absolute Gasteiger partial charge is 0.339 e. The first-order valence-electron chi connectivity index (χ1n) is 11.1. The molecule has 7 nitrogen and oxygen atoms in total. The van der Waals surface area contributed by atoms with E-state index < -0.39 is 15.9 Å². The molecule has 2 fully saturated rings. The van der Waals surface area contributed by atoms with Crippen LogP contribution in [-0.4, -0.2) is 55.6 Å². The van der Waals surface area contributed by atoms with Gasteiger partial charge in [-0.1, -0.05) is 29.8 Å². The van der Waals surface area contributed by atoms with E-state index in [1.165, 1.54) is 4.31 Å². The molecule has 1 N–H and O–H groups in total. The van der Waals surface area contributed by atoms with Gasteiger partial charge in [-0.05, 0) is 56.9 Å². The number of anilines is 1. The van der Waals surface area contributed by atoms with Crippen molar-refractivity contribution in [1.29, 1.82) is 0 Å². The summed E-state index contributed by atoms with van der Waals surface area (Å²) < 4.78 is 27.5. The van der Waals surface area contributed by atoms with Gasteiger partial charge < -0.3 is 10.2 Å². The number of para-hydroxylation sites is 1. The number of carbonyl (C=O) groups is 2. The second-order valence-electron chi connectivity index (χ2n) is 8.55. The van der Waals surface area contributed by atoms with Gasteiger partial charge >= 0.3 is 0 Å². The Morgan fingerprint density at radius 2 is 1.62 bits per heavy atom. The molecule has 2 aliphatic heterocycles. The van der Waals surface area contributed by atoms with Crippen LogP contribution in [0.4, 0.5) is 5.69 Å². The Balaban J connectivity index is 1.47. The molecular weight excluding hydrogens is 426 g/mol. The minimum absolute atomic E-state index is 0.0781. The highest BCUT2D eigenvalue weighted by Crippen LogP contribution is 2.26. The van der Waals surface area contributed by atoms with E-state index in [-0.39, 0.29) is 23.3 Å². The van der Waals surface area contributed by atoms with Gasteiger partial charge in [-0.2, -0.15) is 4.31 Å². The summed E-state index contributed by atoms with van der Waals surface area (Å²) in [5.74, 6) is -0.806. The maximum Gasteiger partial charge on any atom is 0.255 e. The highest BCUT2D eigenvalue weighted by Gasteiger charge is 2.34. The van der Waals surface area contributed by atoms with Gasteiger partial charge in [-0.3, -0.25) is 9.59 Å². The van der Waals surface area contributed by atoms with Crippen LogP contribution in [0.1, 0.15) is 41.6 Å². The number of likely N-dealkylation sites (tertiary alicyclic amines) is 1. The molecule has 4 rings (SSSR count). The Bertz CT molecular complexity index is 1090. The van der Waals surface area contributed by atoms with Crippen LogP contribution in [0.15, 0.2) is 53.4 Å². The van der Waals surface area contributed by atoms with Crippen LogP contribution in [0.3, 0.4) is 0 Å². The number of hydrogen-bond donors (Lipinski definition) is 1. The second-order valence-corrected chi connectivity index (χ2v) is 10.5. The summed E-state index contributed by atoms with van der Waals surface area (Å²) >= 11 is 0. The summed E-state index contributed by atoms with van der Waals surface area (Å²) in [7, 11) is -3.66. The van der Waals surface area contributed by atoms with Crippen molar-refractivity contribution < 1.29 is 18.0 Å². The maximum absolute atomic E-state index is 13.1. The topological polar surface area (TPSA) is 86.8 Å². The molecule has 2 aromatic rings. The number of carbonyl (C=O) groups excluding carboxylic acids is 2.